The normalized spacial score (nSPS) is 27.7. The minimum absolute atomic E-state index is 0.746. The Balaban J connectivity index is 2.66. The molecule has 1 aliphatic rings. The Bertz CT molecular complexity index is 217. The molecule has 0 bridgehead atoms. The third-order valence-corrected chi connectivity index (χ3v) is 5.02. The topological polar surface area (TPSA) is 29.3 Å². The van der Waals surface area contributed by atoms with E-state index in [2.05, 4.69) is 32.6 Å². The van der Waals surface area contributed by atoms with Crippen LogP contribution < -0.4 is 5.73 Å². The van der Waals surface area contributed by atoms with Crippen LogP contribution in [0.15, 0.2) is 0 Å². The second kappa shape index (κ2) is 8.16. The van der Waals surface area contributed by atoms with Crippen molar-refractivity contribution in [3.63, 3.8) is 0 Å². The molecule has 0 aromatic heterocycles. The Kier molecular flexibility index (Phi) is 7.25. The largest absolute Gasteiger partial charge is 0.330 e. The number of hydrogen-bond donors (Lipinski definition) is 1. The zero-order valence-corrected chi connectivity index (χ0v) is 13.0. The molecule has 0 aromatic carbocycles. The molecule has 0 radical (unpaired) electrons. The summed E-state index contributed by atoms with van der Waals surface area (Å²) in [5, 5.41) is 0. The summed E-state index contributed by atoms with van der Waals surface area (Å²) in [5.74, 6) is 1.60. The van der Waals surface area contributed by atoms with Gasteiger partial charge in [0.2, 0.25) is 0 Å². The van der Waals surface area contributed by atoms with E-state index in [0.29, 0.717) is 0 Å². The first-order valence-electron chi connectivity index (χ1n) is 8.13. The van der Waals surface area contributed by atoms with Crippen molar-refractivity contribution in [3.05, 3.63) is 0 Å². The molecule has 0 saturated heterocycles. The lowest BCUT2D eigenvalue weighted by atomic mass is 9.93. The minimum Gasteiger partial charge on any atom is -0.330 e. The van der Waals surface area contributed by atoms with Crippen molar-refractivity contribution in [2.24, 2.45) is 17.6 Å². The highest BCUT2D eigenvalue weighted by atomic mass is 15.2. The molecule has 2 N–H and O–H groups in total. The van der Waals surface area contributed by atoms with Crippen LogP contribution in [0.1, 0.15) is 66.2 Å². The Morgan fingerprint density at radius 3 is 2.39 bits per heavy atom. The van der Waals surface area contributed by atoms with Crippen LogP contribution in [0.5, 0.6) is 0 Å². The molecule has 0 aromatic rings. The molecule has 4 atom stereocenters. The Morgan fingerprint density at radius 2 is 1.89 bits per heavy atom. The summed E-state index contributed by atoms with van der Waals surface area (Å²) in [6.45, 7) is 11.4. The quantitative estimate of drug-likeness (QED) is 0.716. The molecule has 0 aliphatic heterocycles. The van der Waals surface area contributed by atoms with E-state index >= 15 is 0 Å². The first-order chi connectivity index (χ1) is 8.67. The summed E-state index contributed by atoms with van der Waals surface area (Å²) in [6.07, 6.45) is 8.03. The molecule has 0 spiro atoms. The van der Waals surface area contributed by atoms with E-state index in [0.717, 1.165) is 30.5 Å². The van der Waals surface area contributed by atoms with Crippen molar-refractivity contribution in [2.45, 2.75) is 78.3 Å². The lowest BCUT2D eigenvalue weighted by Gasteiger charge is -2.39. The predicted octanol–water partition coefficient (Wildman–Crippen LogP) is 3.65. The number of hydrogen-bond acceptors (Lipinski definition) is 2. The van der Waals surface area contributed by atoms with Crippen molar-refractivity contribution >= 4 is 0 Å². The fourth-order valence-electron chi connectivity index (χ4n) is 3.66. The van der Waals surface area contributed by atoms with Gasteiger partial charge < -0.3 is 5.73 Å². The lowest BCUT2D eigenvalue weighted by molar-refractivity contribution is 0.0953. The fourth-order valence-corrected chi connectivity index (χ4v) is 3.66. The van der Waals surface area contributed by atoms with Crippen LogP contribution in [-0.2, 0) is 0 Å². The molecule has 108 valence electrons. The van der Waals surface area contributed by atoms with Gasteiger partial charge in [0.1, 0.15) is 0 Å². The summed E-state index contributed by atoms with van der Waals surface area (Å²) in [4.78, 5) is 2.77. The van der Waals surface area contributed by atoms with Crippen LogP contribution in [0.3, 0.4) is 0 Å². The molecule has 4 unspecified atom stereocenters. The van der Waals surface area contributed by atoms with Crippen LogP contribution in [0.4, 0.5) is 0 Å². The summed E-state index contributed by atoms with van der Waals surface area (Å²) < 4.78 is 0. The van der Waals surface area contributed by atoms with Crippen LogP contribution in [0, 0.1) is 11.8 Å². The predicted molar refractivity (Wildman–Crippen MR) is 80.7 cm³/mol. The SMILES string of the molecule is CCC(C)CC(CC)N(CC)C1CCCC1CN. The zero-order chi connectivity index (χ0) is 13.5. The van der Waals surface area contributed by atoms with Gasteiger partial charge in [-0.15, -0.1) is 0 Å². The summed E-state index contributed by atoms with van der Waals surface area (Å²) in [6, 6.07) is 1.52. The number of nitrogens with zero attached hydrogens (tertiary/aromatic N) is 1. The van der Waals surface area contributed by atoms with Crippen molar-refractivity contribution in [2.75, 3.05) is 13.1 Å². The monoisotopic (exact) mass is 254 g/mol. The lowest BCUT2D eigenvalue weighted by Crippen LogP contribution is -2.46. The Labute approximate surface area is 114 Å². The summed E-state index contributed by atoms with van der Waals surface area (Å²) in [5.41, 5.74) is 5.96. The van der Waals surface area contributed by atoms with Gasteiger partial charge in [0.15, 0.2) is 0 Å². The molecule has 1 saturated carbocycles. The smallest absolute Gasteiger partial charge is 0.0138 e. The van der Waals surface area contributed by atoms with Gasteiger partial charge in [-0.2, -0.15) is 0 Å². The Hall–Kier alpha value is -0.0800. The van der Waals surface area contributed by atoms with Crippen LogP contribution >= 0.6 is 0 Å². The molecule has 2 heteroatoms. The summed E-state index contributed by atoms with van der Waals surface area (Å²) >= 11 is 0. The first-order valence-corrected chi connectivity index (χ1v) is 8.13. The van der Waals surface area contributed by atoms with Gasteiger partial charge in [-0.05, 0) is 50.6 Å². The third-order valence-electron chi connectivity index (χ3n) is 5.02. The second-order valence-corrected chi connectivity index (χ2v) is 6.14. The maximum Gasteiger partial charge on any atom is 0.0138 e. The average Bonchev–Trinajstić information content (AvgIpc) is 2.86. The van der Waals surface area contributed by atoms with E-state index in [-0.39, 0.29) is 0 Å². The number of nitrogens with two attached hydrogens (primary N) is 1. The standard InChI is InChI=1S/C16H34N2/c1-5-13(4)11-15(6-2)18(7-3)16-10-8-9-14(16)12-17/h13-16H,5-12,17H2,1-4H3. The maximum absolute atomic E-state index is 5.96. The number of rotatable bonds is 8. The zero-order valence-electron chi connectivity index (χ0n) is 13.0. The van der Waals surface area contributed by atoms with Crippen molar-refractivity contribution < 1.29 is 0 Å². The minimum atomic E-state index is 0.746. The van der Waals surface area contributed by atoms with E-state index in [1.807, 2.05) is 0 Å². The Morgan fingerprint density at radius 1 is 1.17 bits per heavy atom. The van der Waals surface area contributed by atoms with Crippen LogP contribution in [-0.4, -0.2) is 30.1 Å². The van der Waals surface area contributed by atoms with Crippen LogP contribution in [0.2, 0.25) is 0 Å². The highest BCUT2D eigenvalue weighted by molar-refractivity contribution is 4.88. The van der Waals surface area contributed by atoms with Gasteiger partial charge >= 0.3 is 0 Å². The van der Waals surface area contributed by atoms with E-state index < -0.39 is 0 Å². The molecular formula is C16H34N2. The molecular weight excluding hydrogens is 220 g/mol. The highest BCUT2D eigenvalue weighted by Crippen LogP contribution is 2.32. The van der Waals surface area contributed by atoms with E-state index in [9.17, 15) is 0 Å². The van der Waals surface area contributed by atoms with E-state index in [1.165, 1.54) is 45.1 Å². The molecule has 0 heterocycles. The second-order valence-electron chi connectivity index (χ2n) is 6.14. The molecule has 1 aliphatic carbocycles. The first kappa shape index (κ1) is 16.0. The maximum atomic E-state index is 5.96. The van der Waals surface area contributed by atoms with Crippen molar-refractivity contribution in [3.8, 4) is 0 Å². The van der Waals surface area contributed by atoms with Crippen molar-refractivity contribution in [1.82, 2.24) is 4.90 Å². The fraction of sp³-hybridized carbons (Fsp3) is 1.00. The third kappa shape index (κ3) is 3.96. The molecule has 2 nitrogen and oxygen atoms in total. The van der Waals surface area contributed by atoms with Gasteiger partial charge in [-0.3, -0.25) is 4.90 Å². The molecule has 1 fully saturated rings. The summed E-state index contributed by atoms with van der Waals surface area (Å²) in [7, 11) is 0. The highest BCUT2D eigenvalue weighted by Gasteiger charge is 2.33. The van der Waals surface area contributed by atoms with Gasteiger partial charge in [0.25, 0.3) is 0 Å². The average molecular weight is 254 g/mol. The molecule has 18 heavy (non-hydrogen) atoms. The van der Waals surface area contributed by atoms with E-state index in [1.54, 1.807) is 0 Å². The molecule has 0 amide bonds. The van der Waals surface area contributed by atoms with Crippen LogP contribution in [0.25, 0.3) is 0 Å². The van der Waals surface area contributed by atoms with Gasteiger partial charge in [0, 0.05) is 12.1 Å². The molecule has 1 rings (SSSR count). The van der Waals surface area contributed by atoms with Gasteiger partial charge in [-0.1, -0.05) is 40.5 Å². The van der Waals surface area contributed by atoms with Crippen molar-refractivity contribution in [1.29, 1.82) is 0 Å². The van der Waals surface area contributed by atoms with E-state index in [4.69, 9.17) is 5.73 Å². The van der Waals surface area contributed by atoms with Gasteiger partial charge in [-0.25, -0.2) is 0 Å². The van der Waals surface area contributed by atoms with Gasteiger partial charge in [0.05, 0.1) is 0 Å².